The van der Waals surface area contributed by atoms with E-state index >= 15 is 0 Å². The van der Waals surface area contributed by atoms with Crippen LogP contribution in [0.15, 0.2) is 10.7 Å². The zero-order chi connectivity index (χ0) is 13.6. The minimum absolute atomic E-state index is 0.250. The molecule has 1 aromatic heterocycles. The molecule has 0 aromatic carbocycles. The fraction of sp³-hybridized carbons (Fsp3) is 0.786. The smallest absolute Gasteiger partial charge is 0.110 e. The third-order valence-corrected chi connectivity index (χ3v) is 4.94. The summed E-state index contributed by atoms with van der Waals surface area (Å²) in [5.41, 5.74) is 0.531. The van der Waals surface area contributed by atoms with Gasteiger partial charge in [-0.1, -0.05) is 20.8 Å². The van der Waals surface area contributed by atoms with E-state index in [-0.39, 0.29) is 5.92 Å². The molecule has 2 rings (SSSR count). The van der Waals surface area contributed by atoms with Crippen molar-refractivity contribution in [1.29, 1.82) is 0 Å². The lowest BCUT2D eigenvalue weighted by Gasteiger charge is -2.45. The first-order chi connectivity index (χ1) is 8.30. The van der Waals surface area contributed by atoms with E-state index in [4.69, 9.17) is 0 Å². The third-order valence-electron chi connectivity index (χ3n) is 4.36. The van der Waals surface area contributed by atoms with Gasteiger partial charge in [0.25, 0.3) is 0 Å². The van der Waals surface area contributed by atoms with Gasteiger partial charge < -0.3 is 5.11 Å². The lowest BCUT2D eigenvalue weighted by molar-refractivity contribution is -0.0833. The van der Waals surface area contributed by atoms with Crippen molar-refractivity contribution in [3.8, 4) is 0 Å². The minimum atomic E-state index is -0.749. The van der Waals surface area contributed by atoms with Crippen molar-refractivity contribution in [2.45, 2.75) is 59.1 Å². The number of aromatic nitrogens is 2. The largest absolute Gasteiger partial charge is 0.383 e. The number of nitrogens with zero attached hydrogens (tertiary/aromatic N) is 2. The standard InChI is InChI=1S/C14H23BrN2O/c1-5-17-12(11(15)9-16-17)14(18)7-6-13(3,4)8-10(14)2/h9-10,18H,5-8H2,1-4H3. The Labute approximate surface area is 118 Å². The van der Waals surface area contributed by atoms with Gasteiger partial charge in [-0.25, -0.2) is 0 Å². The van der Waals surface area contributed by atoms with Crippen molar-refractivity contribution in [1.82, 2.24) is 9.78 Å². The van der Waals surface area contributed by atoms with Crippen molar-refractivity contribution >= 4 is 15.9 Å². The molecule has 1 N–H and O–H groups in total. The molecule has 1 aliphatic rings. The molecule has 0 radical (unpaired) electrons. The summed E-state index contributed by atoms with van der Waals surface area (Å²) in [6, 6.07) is 0. The van der Waals surface area contributed by atoms with E-state index in [1.807, 2.05) is 4.68 Å². The maximum Gasteiger partial charge on any atom is 0.110 e. The van der Waals surface area contributed by atoms with Gasteiger partial charge in [-0.15, -0.1) is 0 Å². The number of rotatable bonds is 2. The monoisotopic (exact) mass is 314 g/mol. The molecule has 0 saturated heterocycles. The first kappa shape index (κ1) is 14.1. The quantitative estimate of drug-likeness (QED) is 0.903. The van der Waals surface area contributed by atoms with E-state index in [9.17, 15) is 5.11 Å². The molecule has 0 amide bonds. The van der Waals surface area contributed by atoms with Crippen LogP contribution in [0.25, 0.3) is 0 Å². The van der Waals surface area contributed by atoms with Crippen molar-refractivity contribution in [2.24, 2.45) is 11.3 Å². The molecule has 2 atom stereocenters. The zero-order valence-electron chi connectivity index (χ0n) is 11.7. The maximum atomic E-state index is 11.1. The molecule has 0 spiro atoms. The molecule has 0 bridgehead atoms. The first-order valence-electron chi connectivity index (χ1n) is 6.74. The SMILES string of the molecule is CCn1ncc(Br)c1C1(O)CCC(C)(C)CC1C. The van der Waals surface area contributed by atoms with Crippen LogP contribution in [0.3, 0.4) is 0 Å². The summed E-state index contributed by atoms with van der Waals surface area (Å²) >= 11 is 3.54. The van der Waals surface area contributed by atoms with Crippen LogP contribution >= 0.6 is 15.9 Å². The first-order valence-corrected chi connectivity index (χ1v) is 7.53. The second-order valence-electron chi connectivity index (χ2n) is 6.35. The minimum Gasteiger partial charge on any atom is -0.383 e. The topological polar surface area (TPSA) is 38.0 Å². The summed E-state index contributed by atoms with van der Waals surface area (Å²) in [6.45, 7) is 9.58. The highest BCUT2D eigenvalue weighted by Crippen LogP contribution is 2.49. The van der Waals surface area contributed by atoms with E-state index in [0.717, 1.165) is 36.0 Å². The Kier molecular flexibility index (Phi) is 3.63. The van der Waals surface area contributed by atoms with Crippen LogP contribution in [0.5, 0.6) is 0 Å². The number of aliphatic hydroxyl groups is 1. The molecule has 4 heteroatoms. The Bertz CT molecular complexity index is 441. The van der Waals surface area contributed by atoms with Crippen LogP contribution in [-0.4, -0.2) is 14.9 Å². The summed E-state index contributed by atoms with van der Waals surface area (Å²) in [4.78, 5) is 0. The fourth-order valence-electron chi connectivity index (χ4n) is 3.26. The van der Waals surface area contributed by atoms with E-state index in [0.29, 0.717) is 5.41 Å². The second kappa shape index (κ2) is 4.64. The summed E-state index contributed by atoms with van der Waals surface area (Å²) in [5.74, 6) is 0.250. The van der Waals surface area contributed by atoms with Crippen molar-refractivity contribution < 1.29 is 5.11 Å². The van der Waals surface area contributed by atoms with Gasteiger partial charge >= 0.3 is 0 Å². The predicted molar refractivity (Wildman–Crippen MR) is 76.3 cm³/mol. The normalized spacial score (nSPS) is 31.6. The average Bonchev–Trinajstić information content (AvgIpc) is 2.66. The van der Waals surface area contributed by atoms with Gasteiger partial charge in [-0.2, -0.15) is 5.10 Å². The highest BCUT2D eigenvalue weighted by molar-refractivity contribution is 9.10. The Balaban J connectivity index is 2.39. The molecular formula is C14H23BrN2O. The van der Waals surface area contributed by atoms with Gasteiger partial charge in [0.15, 0.2) is 0 Å². The average molecular weight is 315 g/mol. The number of halogens is 1. The van der Waals surface area contributed by atoms with Gasteiger partial charge in [-0.05, 0) is 53.4 Å². The molecule has 2 unspecified atom stereocenters. The number of hydrogen-bond acceptors (Lipinski definition) is 2. The van der Waals surface area contributed by atoms with E-state index < -0.39 is 5.60 Å². The van der Waals surface area contributed by atoms with Crippen LogP contribution in [0.2, 0.25) is 0 Å². The van der Waals surface area contributed by atoms with Crippen LogP contribution in [0, 0.1) is 11.3 Å². The predicted octanol–water partition coefficient (Wildman–Crippen LogP) is 3.70. The summed E-state index contributed by atoms with van der Waals surface area (Å²) in [6.07, 6.45) is 4.70. The Morgan fingerprint density at radius 3 is 2.72 bits per heavy atom. The van der Waals surface area contributed by atoms with Gasteiger partial charge in [0.2, 0.25) is 0 Å². The van der Waals surface area contributed by atoms with E-state index in [1.54, 1.807) is 6.20 Å². The molecule has 102 valence electrons. The Morgan fingerprint density at radius 2 is 2.17 bits per heavy atom. The summed E-state index contributed by atoms with van der Waals surface area (Å²) in [5, 5.41) is 15.5. The zero-order valence-corrected chi connectivity index (χ0v) is 13.3. The van der Waals surface area contributed by atoms with Crippen LogP contribution in [0.4, 0.5) is 0 Å². The molecule has 18 heavy (non-hydrogen) atoms. The van der Waals surface area contributed by atoms with E-state index in [1.165, 1.54) is 0 Å². The lowest BCUT2D eigenvalue weighted by Crippen LogP contribution is -2.43. The molecule has 0 aliphatic heterocycles. The molecule has 1 fully saturated rings. The van der Waals surface area contributed by atoms with Gasteiger partial charge in [0, 0.05) is 6.54 Å². The lowest BCUT2D eigenvalue weighted by atomic mass is 9.64. The molecule has 1 saturated carbocycles. The number of hydrogen-bond donors (Lipinski definition) is 1. The maximum absolute atomic E-state index is 11.1. The van der Waals surface area contributed by atoms with Gasteiger partial charge in [0.05, 0.1) is 16.4 Å². The molecule has 1 aliphatic carbocycles. The molecule has 3 nitrogen and oxygen atoms in total. The highest BCUT2D eigenvalue weighted by atomic mass is 79.9. The van der Waals surface area contributed by atoms with E-state index in [2.05, 4.69) is 48.7 Å². The fourth-order valence-corrected chi connectivity index (χ4v) is 3.90. The molecule has 1 heterocycles. The van der Waals surface area contributed by atoms with Gasteiger partial charge in [-0.3, -0.25) is 4.68 Å². The van der Waals surface area contributed by atoms with Crippen molar-refractivity contribution in [3.63, 3.8) is 0 Å². The highest BCUT2D eigenvalue weighted by Gasteiger charge is 2.46. The Hall–Kier alpha value is -0.350. The van der Waals surface area contributed by atoms with Crippen LogP contribution in [-0.2, 0) is 12.1 Å². The van der Waals surface area contributed by atoms with Crippen LogP contribution in [0.1, 0.15) is 52.7 Å². The Morgan fingerprint density at radius 1 is 1.50 bits per heavy atom. The number of aryl methyl sites for hydroxylation is 1. The molecular weight excluding hydrogens is 292 g/mol. The van der Waals surface area contributed by atoms with Crippen molar-refractivity contribution in [3.05, 3.63) is 16.4 Å². The second-order valence-corrected chi connectivity index (χ2v) is 7.20. The summed E-state index contributed by atoms with van der Waals surface area (Å²) < 4.78 is 2.84. The van der Waals surface area contributed by atoms with Crippen LogP contribution < -0.4 is 0 Å². The van der Waals surface area contributed by atoms with Crippen molar-refractivity contribution in [2.75, 3.05) is 0 Å². The summed E-state index contributed by atoms with van der Waals surface area (Å²) in [7, 11) is 0. The third kappa shape index (κ3) is 2.25. The molecule has 1 aromatic rings. The van der Waals surface area contributed by atoms with Gasteiger partial charge in [0.1, 0.15) is 5.60 Å².